The Morgan fingerprint density at radius 2 is 1.71 bits per heavy atom. The summed E-state index contributed by atoms with van der Waals surface area (Å²) in [5, 5.41) is 0.720. The molecule has 1 heterocycles. The summed E-state index contributed by atoms with van der Waals surface area (Å²) in [6.07, 6.45) is 0. The lowest BCUT2D eigenvalue weighted by atomic mass is 10.1. The van der Waals surface area contributed by atoms with Crippen molar-refractivity contribution in [2.75, 3.05) is 5.73 Å². The van der Waals surface area contributed by atoms with Crippen LogP contribution in [0.4, 0.5) is 14.6 Å². The molecule has 0 amide bonds. The molecule has 0 saturated carbocycles. The van der Waals surface area contributed by atoms with Crippen LogP contribution in [0.25, 0.3) is 22.3 Å². The van der Waals surface area contributed by atoms with E-state index in [0.717, 1.165) is 17.0 Å². The lowest BCUT2D eigenvalue weighted by Crippen LogP contribution is -2.00. The monoisotopic (exact) mass is 285 g/mol. The maximum Gasteiger partial charge on any atom is 0.165 e. The predicted molar refractivity (Wildman–Crippen MR) is 78.8 cm³/mol. The average Bonchev–Trinajstić information content (AvgIpc) is 2.43. The number of rotatable bonds is 1. The highest BCUT2D eigenvalue weighted by Gasteiger charge is 2.14. The van der Waals surface area contributed by atoms with E-state index in [4.69, 9.17) is 5.73 Å². The minimum Gasteiger partial charge on any atom is -0.383 e. The molecule has 3 aromatic rings. The third kappa shape index (κ3) is 2.31. The SMILES string of the molecule is Cc1ccc2nc(-c3cc(C)c(F)cc3F)nc(N)c2c1. The number of fused-ring (bicyclic) bond motifs is 1. The minimum absolute atomic E-state index is 0.142. The molecule has 106 valence electrons. The molecule has 0 aliphatic carbocycles. The largest absolute Gasteiger partial charge is 0.383 e. The number of nitrogen functional groups attached to an aromatic ring is 1. The van der Waals surface area contributed by atoms with Gasteiger partial charge in [-0.2, -0.15) is 0 Å². The fourth-order valence-electron chi connectivity index (χ4n) is 2.21. The van der Waals surface area contributed by atoms with Gasteiger partial charge >= 0.3 is 0 Å². The van der Waals surface area contributed by atoms with Crippen molar-refractivity contribution >= 4 is 16.7 Å². The summed E-state index contributed by atoms with van der Waals surface area (Å²) in [4.78, 5) is 8.47. The Morgan fingerprint density at radius 3 is 2.48 bits per heavy atom. The van der Waals surface area contributed by atoms with Crippen LogP contribution >= 0.6 is 0 Å². The zero-order valence-electron chi connectivity index (χ0n) is 11.6. The maximum atomic E-state index is 14.0. The Bertz CT molecular complexity index is 860. The fraction of sp³-hybridized carbons (Fsp3) is 0.125. The van der Waals surface area contributed by atoms with E-state index < -0.39 is 11.6 Å². The molecule has 2 aromatic carbocycles. The van der Waals surface area contributed by atoms with E-state index in [9.17, 15) is 8.78 Å². The molecule has 0 bridgehead atoms. The van der Waals surface area contributed by atoms with E-state index in [1.54, 1.807) is 13.0 Å². The molecular weight excluding hydrogens is 272 g/mol. The van der Waals surface area contributed by atoms with Gasteiger partial charge in [-0.3, -0.25) is 0 Å². The Hall–Kier alpha value is -2.56. The van der Waals surface area contributed by atoms with Gasteiger partial charge in [-0.05, 0) is 37.6 Å². The highest BCUT2D eigenvalue weighted by Crippen LogP contribution is 2.27. The van der Waals surface area contributed by atoms with Gasteiger partial charge in [-0.15, -0.1) is 0 Å². The standard InChI is InChI=1S/C16H13F2N3/c1-8-3-4-14-11(5-8)15(19)21-16(20-14)10-6-9(2)12(17)7-13(10)18/h3-7H,1-2H3,(H2,19,20,21). The van der Waals surface area contributed by atoms with E-state index in [1.165, 1.54) is 6.07 Å². The zero-order chi connectivity index (χ0) is 15.1. The molecule has 0 spiro atoms. The molecular formula is C16H13F2N3. The summed E-state index contributed by atoms with van der Waals surface area (Å²) in [6.45, 7) is 3.50. The first kappa shape index (κ1) is 13.4. The third-order valence-corrected chi connectivity index (χ3v) is 3.37. The Labute approximate surface area is 120 Å². The first-order valence-electron chi connectivity index (χ1n) is 6.45. The van der Waals surface area contributed by atoms with Crippen molar-refractivity contribution < 1.29 is 8.78 Å². The zero-order valence-corrected chi connectivity index (χ0v) is 11.6. The molecule has 0 saturated heterocycles. The first-order valence-corrected chi connectivity index (χ1v) is 6.45. The molecule has 3 rings (SSSR count). The van der Waals surface area contributed by atoms with Crippen molar-refractivity contribution in [2.45, 2.75) is 13.8 Å². The number of aryl methyl sites for hydroxylation is 2. The van der Waals surface area contributed by atoms with Crippen LogP contribution in [0.3, 0.4) is 0 Å². The van der Waals surface area contributed by atoms with E-state index in [2.05, 4.69) is 9.97 Å². The molecule has 3 nitrogen and oxygen atoms in total. The lowest BCUT2D eigenvalue weighted by molar-refractivity contribution is 0.579. The number of aromatic nitrogens is 2. The van der Waals surface area contributed by atoms with Crippen molar-refractivity contribution in [3.05, 3.63) is 53.1 Å². The molecule has 0 aliphatic heterocycles. The molecule has 0 unspecified atom stereocenters. The van der Waals surface area contributed by atoms with Gasteiger partial charge in [0.05, 0.1) is 11.1 Å². The average molecular weight is 285 g/mol. The summed E-state index contributed by atoms with van der Waals surface area (Å²) in [5.74, 6) is -0.867. The van der Waals surface area contributed by atoms with E-state index in [1.807, 2.05) is 19.1 Å². The molecule has 0 aliphatic rings. The number of hydrogen-bond donors (Lipinski definition) is 1. The second kappa shape index (κ2) is 4.77. The van der Waals surface area contributed by atoms with Gasteiger partial charge in [0.2, 0.25) is 0 Å². The molecule has 1 aromatic heterocycles. The molecule has 0 atom stereocenters. The van der Waals surface area contributed by atoms with E-state index in [0.29, 0.717) is 11.1 Å². The van der Waals surface area contributed by atoms with Gasteiger partial charge in [-0.25, -0.2) is 18.7 Å². The number of halogens is 2. The third-order valence-electron chi connectivity index (χ3n) is 3.37. The summed E-state index contributed by atoms with van der Waals surface area (Å²) >= 11 is 0. The van der Waals surface area contributed by atoms with Gasteiger partial charge in [0.1, 0.15) is 17.5 Å². The Kier molecular flexibility index (Phi) is 3.05. The van der Waals surface area contributed by atoms with E-state index >= 15 is 0 Å². The lowest BCUT2D eigenvalue weighted by Gasteiger charge is -2.08. The second-order valence-electron chi connectivity index (χ2n) is 5.03. The van der Waals surface area contributed by atoms with Crippen molar-refractivity contribution in [3.63, 3.8) is 0 Å². The summed E-state index contributed by atoms with van der Waals surface area (Å²) in [5.41, 5.74) is 8.07. The smallest absolute Gasteiger partial charge is 0.165 e. The van der Waals surface area contributed by atoms with Gasteiger partial charge in [0, 0.05) is 11.5 Å². The van der Waals surface area contributed by atoms with Gasteiger partial charge in [-0.1, -0.05) is 11.6 Å². The number of hydrogen-bond acceptors (Lipinski definition) is 3. The van der Waals surface area contributed by atoms with Gasteiger partial charge in [0.25, 0.3) is 0 Å². The number of nitrogens with two attached hydrogens (primary N) is 1. The number of anilines is 1. The van der Waals surface area contributed by atoms with Gasteiger partial charge < -0.3 is 5.73 Å². The van der Waals surface area contributed by atoms with Crippen molar-refractivity contribution in [2.24, 2.45) is 0 Å². The maximum absolute atomic E-state index is 14.0. The van der Waals surface area contributed by atoms with Crippen LogP contribution in [-0.4, -0.2) is 9.97 Å². The molecule has 2 N–H and O–H groups in total. The van der Waals surface area contributed by atoms with Crippen LogP contribution in [-0.2, 0) is 0 Å². The summed E-state index contributed by atoms with van der Waals surface area (Å²) < 4.78 is 27.3. The predicted octanol–water partition coefficient (Wildman–Crippen LogP) is 3.77. The summed E-state index contributed by atoms with van der Waals surface area (Å²) in [6, 6.07) is 7.80. The van der Waals surface area contributed by atoms with Crippen LogP contribution in [0, 0.1) is 25.5 Å². The molecule has 5 heteroatoms. The van der Waals surface area contributed by atoms with Gasteiger partial charge in [0.15, 0.2) is 5.82 Å². The summed E-state index contributed by atoms with van der Waals surface area (Å²) in [7, 11) is 0. The molecule has 0 fully saturated rings. The Balaban J connectivity index is 2.26. The normalized spacial score (nSPS) is 11.0. The molecule has 0 radical (unpaired) electrons. The van der Waals surface area contributed by atoms with Crippen LogP contribution in [0.2, 0.25) is 0 Å². The van der Waals surface area contributed by atoms with Crippen molar-refractivity contribution in [1.29, 1.82) is 0 Å². The fourth-order valence-corrected chi connectivity index (χ4v) is 2.21. The van der Waals surface area contributed by atoms with Crippen LogP contribution < -0.4 is 5.73 Å². The Morgan fingerprint density at radius 1 is 0.952 bits per heavy atom. The topological polar surface area (TPSA) is 51.8 Å². The number of nitrogens with zero attached hydrogens (tertiary/aromatic N) is 2. The van der Waals surface area contributed by atoms with Crippen LogP contribution in [0.1, 0.15) is 11.1 Å². The van der Waals surface area contributed by atoms with E-state index in [-0.39, 0.29) is 17.2 Å². The quantitative estimate of drug-likeness (QED) is 0.740. The first-order chi connectivity index (χ1) is 9.95. The van der Waals surface area contributed by atoms with Crippen LogP contribution in [0.5, 0.6) is 0 Å². The minimum atomic E-state index is -0.705. The number of benzene rings is 2. The van der Waals surface area contributed by atoms with Crippen LogP contribution in [0.15, 0.2) is 30.3 Å². The molecule has 21 heavy (non-hydrogen) atoms. The van der Waals surface area contributed by atoms with Crippen molar-refractivity contribution in [3.8, 4) is 11.4 Å². The highest BCUT2D eigenvalue weighted by atomic mass is 19.1. The highest BCUT2D eigenvalue weighted by molar-refractivity contribution is 5.90. The van der Waals surface area contributed by atoms with Crippen molar-refractivity contribution in [1.82, 2.24) is 9.97 Å². The second-order valence-corrected chi connectivity index (χ2v) is 5.03.